The van der Waals surface area contributed by atoms with E-state index in [0.29, 0.717) is 29.6 Å². The fourth-order valence-electron chi connectivity index (χ4n) is 7.45. The quantitative estimate of drug-likeness (QED) is 0.407. The number of allylic oxidation sites excluding steroid dienone is 16. The minimum Gasteiger partial charge on any atom is -0.423 e. The van der Waals surface area contributed by atoms with Crippen LogP contribution in [0.5, 0.6) is 0 Å². The molecule has 6 unspecified atom stereocenters. The van der Waals surface area contributed by atoms with Crippen molar-refractivity contribution in [1.29, 1.82) is 0 Å². The first-order valence-corrected chi connectivity index (χ1v) is 13.1. The molecule has 6 rings (SSSR count). The Kier molecular flexibility index (Phi) is 5.80. The summed E-state index contributed by atoms with van der Waals surface area (Å²) >= 11 is 0. The van der Waals surface area contributed by atoms with Gasteiger partial charge in [0.05, 0.1) is 0 Å². The van der Waals surface area contributed by atoms with E-state index < -0.39 is 7.12 Å². The highest BCUT2D eigenvalue weighted by molar-refractivity contribution is 6.53. The average molecular weight is 438 g/mol. The molecule has 6 aliphatic carbocycles. The third kappa shape index (κ3) is 3.84. The smallest absolute Gasteiger partial charge is 0.423 e. The fourth-order valence-corrected chi connectivity index (χ4v) is 7.45. The normalized spacial score (nSPS) is 37.0. The molecule has 170 valence electrons. The van der Waals surface area contributed by atoms with Gasteiger partial charge < -0.3 is 10.0 Å². The van der Waals surface area contributed by atoms with E-state index in [0.717, 1.165) is 54.6 Å². The maximum atomic E-state index is 10.3. The predicted molar refractivity (Wildman–Crippen MR) is 136 cm³/mol. The lowest BCUT2D eigenvalue weighted by atomic mass is 9.56. The van der Waals surface area contributed by atoms with E-state index >= 15 is 0 Å². The largest absolute Gasteiger partial charge is 0.489 e. The van der Waals surface area contributed by atoms with Crippen LogP contribution < -0.4 is 0 Å². The van der Waals surface area contributed by atoms with Crippen molar-refractivity contribution in [2.24, 2.45) is 35.5 Å². The lowest BCUT2D eigenvalue weighted by Gasteiger charge is -2.42. The zero-order valence-corrected chi connectivity index (χ0v) is 19.4. The minimum atomic E-state index is -1.41. The maximum absolute atomic E-state index is 10.3. The summed E-state index contributed by atoms with van der Waals surface area (Å²) in [7, 11) is -1.41. The molecular weight excluding hydrogens is 403 g/mol. The molecule has 0 aliphatic heterocycles. The van der Waals surface area contributed by atoms with Crippen LogP contribution in [0, 0.1) is 35.5 Å². The van der Waals surface area contributed by atoms with Crippen LogP contribution in [0.25, 0.3) is 0 Å². The molecule has 0 aromatic heterocycles. The van der Waals surface area contributed by atoms with Gasteiger partial charge >= 0.3 is 7.12 Å². The summed E-state index contributed by atoms with van der Waals surface area (Å²) in [5.74, 6) is 3.39. The van der Waals surface area contributed by atoms with Crippen LogP contribution in [0.1, 0.15) is 51.4 Å². The Morgan fingerprint density at radius 2 is 1.70 bits per heavy atom. The molecule has 6 atom stereocenters. The SMILES string of the molecule is OB(O)C1=C2C=CCCC2C(C2=CC(C3C=CC4C=CCCC4C3)CC=C2)C2=C1C=CCC2. The first kappa shape index (κ1) is 21.4. The summed E-state index contributed by atoms with van der Waals surface area (Å²) in [6.45, 7) is 0. The molecular formula is C30H35BO2. The van der Waals surface area contributed by atoms with Gasteiger partial charge in [0, 0.05) is 5.92 Å². The first-order chi connectivity index (χ1) is 16.2. The Labute approximate surface area is 198 Å². The van der Waals surface area contributed by atoms with Crippen molar-refractivity contribution in [2.75, 3.05) is 0 Å². The molecule has 0 saturated carbocycles. The number of hydrogen-bond donors (Lipinski definition) is 2. The highest BCUT2D eigenvalue weighted by Gasteiger charge is 2.41. The molecule has 0 bridgehead atoms. The van der Waals surface area contributed by atoms with Gasteiger partial charge in [0.1, 0.15) is 0 Å². The summed E-state index contributed by atoms with van der Waals surface area (Å²) in [6.07, 6.45) is 35.2. The molecule has 0 radical (unpaired) electrons. The Hall–Kier alpha value is -2.10. The third-order valence-electron chi connectivity index (χ3n) is 8.99. The second kappa shape index (κ2) is 8.93. The second-order valence-corrected chi connectivity index (χ2v) is 10.8. The Bertz CT molecular complexity index is 1050. The second-order valence-electron chi connectivity index (χ2n) is 10.8. The lowest BCUT2D eigenvalue weighted by Crippen LogP contribution is -2.34. The van der Waals surface area contributed by atoms with Crippen molar-refractivity contribution >= 4 is 7.12 Å². The number of hydrogen-bond acceptors (Lipinski definition) is 2. The molecule has 0 saturated heterocycles. The van der Waals surface area contributed by atoms with Crippen molar-refractivity contribution in [3.63, 3.8) is 0 Å². The van der Waals surface area contributed by atoms with Gasteiger partial charge in [-0.3, -0.25) is 0 Å². The van der Waals surface area contributed by atoms with Crippen molar-refractivity contribution < 1.29 is 10.0 Å². The van der Waals surface area contributed by atoms with E-state index in [9.17, 15) is 10.0 Å². The zero-order chi connectivity index (χ0) is 22.4. The number of rotatable bonds is 3. The predicted octanol–water partition coefficient (Wildman–Crippen LogP) is 6.20. The molecule has 2 N–H and O–H groups in total. The van der Waals surface area contributed by atoms with Gasteiger partial charge in [-0.05, 0) is 103 Å². The molecule has 2 nitrogen and oxygen atoms in total. The highest BCUT2D eigenvalue weighted by atomic mass is 16.4. The van der Waals surface area contributed by atoms with Gasteiger partial charge in [-0.25, -0.2) is 0 Å². The van der Waals surface area contributed by atoms with Gasteiger partial charge in [-0.15, -0.1) is 0 Å². The topological polar surface area (TPSA) is 40.5 Å². The maximum Gasteiger partial charge on any atom is 0.489 e. The molecule has 0 amide bonds. The molecule has 0 fully saturated rings. The van der Waals surface area contributed by atoms with Crippen LogP contribution in [-0.4, -0.2) is 17.2 Å². The van der Waals surface area contributed by atoms with Crippen LogP contribution in [0.2, 0.25) is 0 Å². The van der Waals surface area contributed by atoms with E-state index in [2.05, 4.69) is 66.8 Å². The van der Waals surface area contributed by atoms with Crippen molar-refractivity contribution in [3.8, 4) is 0 Å². The van der Waals surface area contributed by atoms with Gasteiger partial charge in [0.2, 0.25) is 0 Å². The lowest BCUT2D eigenvalue weighted by molar-refractivity contribution is 0.281. The van der Waals surface area contributed by atoms with Gasteiger partial charge in [0.15, 0.2) is 0 Å². The van der Waals surface area contributed by atoms with Gasteiger partial charge in [-0.1, -0.05) is 72.4 Å². The van der Waals surface area contributed by atoms with E-state index in [1.807, 2.05) is 0 Å². The van der Waals surface area contributed by atoms with Crippen LogP contribution in [-0.2, 0) is 0 Å². The average Bonchev–Trinajstić information content (AvgIpc) is 2.86. The van der Waals surface area contributed by atoms with Crippen LogP contribution >= 0.6 is 0 Å². The molecule has 0 spiro atoms. The summed E-state index contributed by atoms with van der Waals surface area (Å²) in [5.41, 5.74) is 5.89. The summed E-state index contributed by atoms with van der Waals surface area (Å²) < 4.78 is 0. The van der Waals surface area contributed by atoms with E-state index in [4.69, 9.17) is 0 Å². The standard InChI is InChI=1S/C30H35BO2/c32-31(33)30-27-14-5-3-12-25(27)29(26-13-4-6-15-28(26)30)24-11-7-10-22(19-24)23-17-16-20-8-1-2-9-21(20)18-23/h1,5-8,11,14-17,19-23,25,29,32-33H,2-4,9-10,12-13,18H2. The van der Waals surface area contributed by atoms with Crippen molar-refractivity contribution in [1.82, 2.24) is 0 Å². The van der Waals surface area contributed by atoms with Gasteiger partial charge in [0.25, 0.3) is 0 Å². The van der Waals surface area contributed by atoms with Crippen LogP contribution in [0.4, 0.5) is 0 Å². The molecule has 0 aromatic carbocycles. The van der Waals surface area contributed by atoms with Crippen LogP contribution in [0.15, 0.2) is 94.6 Å². The first-order valence-electron chi connectivity index (χ1n) is 13.1. The Morgan fingerprint density at radius 3 is 2.61 bits per heavy atom. The van der Waals surface area contributed by atoms with Crippen molar-refractivity contribution in [3.05, 3.63) is 94.6 Å². The minimum absolute atomic E-state index is 0.349. The van der Waals surface area contributed by atoms with Crippen molar-refractivity contribution in [2.45, 2.75) is 51.4 Å². The summed E-state index contributed by atoms with van der Waals surface area (Å²) in [5, 5.41) is 20.6. The summed E-state index contributed by atoms with van der Waals surface area (Å²) in [4.78, 5) is 0. The molecule has 0 heterocycles. The summed E-state index contributed by atoms with van der Waals surface area (Å²) in [6, 6.07) is 0. The molecule has 0 aromatic rings. The Morgan fingerprint density at radius 1 is 0.818 bits per heavy atom. The third-order valence-corrected chi connectivity index (χ3v) is 8.99. The van der Waals surface area contributed by atoms with Crippen LogP contribution in [0.3, 0.4) is 0 Å². The molecule has 6 aliphatic rings. The molecule has 33 heavy (non-hydrogen) atoms. The Balaban J connectivity index is 1.36. The van der Waals surface area contributed by atoms with Gasteiger partial charge in [-0.2, -0.15) is 0 Å². The molecule has 3 heteroatoms. The fraction of sp³-hybridized carbons (Fsp3) is 0.467. The highest BCUT2D eigenvalue weighted by Crippen LogP contribution is 2.51. The van der Waals surface area contributed by atoms with E-state index in [-0.39, 0.29) is 0 Å². The zero-order valence-electron chi connectivity index (χ0n) is 19.4. The van der Waals surface area contributed by atoms with E-state index in [1.54, 1.807) is 0 Å². The monoisotopic (exact) mass is 438 g/mol. The van der Waals surface area contributed by atoms with E-state index in [1.165, 1.54) is 30.4 Å². The number of fused-ring (bicyclic) bond motifs is 2.